The molecule has 2 aliphatic heterocycles. The molecule has 3 heterocycles. The third kappa shape index (κ3) is 3.98. The molecule has 1 aromatic rings. The Balaban J connectivity index is 1.66. The summed E-state index contributed by atoms with van der Waals surface area (Å²) in [7, 11) is 0. The number of aromatic nitrogens is 3. The summed E-state index contributed by atoms with van der Waals surface area (Å²) in [5.41, 5.74) is 0.842. The number of fused-ring (bicyclic) bond motifs is 2. The van der Waals surface area contributed by atoms with Gasteiger partial charge in [0.05, 0.1) is 18.2 Å². The number of hydrogen-bond acceptors (Lipinski definition) is 3. The van der Waals surface area contributed by atoms with E-state index in [2.05, 4.69) is 31.1 Å². The summed E-state index contributed by atoms with van der Waals surface area (Å²) in [5.74, 6) is -0.364. The Hall–Kier alpha value is -1.60. The van der Waals surface area contributed by atoms with Crippen LogP contribution >= 0.6 is 0 Å². The number of halogens is 3. The predicted octanol–water partition coefficient (Wildman–Crippen LogP) is 3.61. The van der Waals surface area contributed by atoms with Crippen LogP contribution in [-0.2, 0) is 10.2 Å². The number of carbonyl (C=O) groups is 1. The van der Waals surface area contributed by atoms with Crippen molar-refractivity contribution in [2.24, 2.45) is 0 Å². The molecule has 2 saturated heterocycles. The van der Waals surface area contributed by atoms with Crippen molar-refractivity contribution in [2.45, 2.75) is 89.0 Å². The molecule has 0 radical (unpaired) electrons. The lowest BCUT2D eigenvalue weighted by atomic mass is 9.93. The van der Waals surface area contributed by atoms with Gasteiger partial charge in [-0.15, -0.1) is 5.10 Å². The molecular weight excluding hydrogens is 333 g/mol. The first-order chi connectivity index (χ1) is 11.5. The lowest BCUT2D eigenvalue weighted by Crippen LogP contribution is -2.47. The Morgan fingerprint density at radius 2 is 1.76 bits per heavy atom. The molecule has 2 unspecified atom stereocenters. The van der Waals surface area contributed by atoms with E-state index in [0.29, 0.717) is 0 Å². The molecule has 2 aliphatic rings. The maximum absolute atomic E-state index is 12.4. The van der Waals surface area contributed by atoms with Crippen LogP contribution in [0.1, 0.15) is 71.0 Å². The van der Waals surface area contributed by atoms with E-state index in [-0.39, 0.29) is 29.4 Å². The van der Waals surface area contributed by atoms with Crippen LogP contribution in [-0.4, -0.2) is 44.1 Å². The maximum Gasteiger partial charge on any atom is 0.389 e. The zero-order valence-corrected chi connectivity index (χ0v) is 14.9. The summed E-state index contributed by atoms with van der Waals surface area (Å²) in [6.45, 7) is 6.23. The third-order valence-electron chi connectivity index (χ3n) is 5.27. The van der Waals surface area contributed by atoms with Crippen LogP contribution in [0.2, 0.25) is 0 Å². The normalized spacial score (nSPS) is 27.0. The number of alkyl halides is 3. The molecule has 1 aromatic heterocycles. The number of rotatable bonds is 3. The minimum atomic E-state index is -4.28. The molecule has 5 nitrogen and oxygen atoms in total. The van der Waals surface area contributed by atoms with E-state index in [1.807, 2.05) is 10.9 Å². The van der Waals surface area contributed by atoms with Crippen LogP contribution in [0.25, 0.3) is 0 Å². The second kappa shape index (κ2) is 6.29. The van der Waals surface area contributed by atoms with E-state index in [4.69, 9.17) is 0 Å². The number of hydrogen-bond donors (Lipinski definition) is 0. The molecule has 1 amide bonds. The van der Waals surface area contributed by atoms with Crippen molar-refractivity contribution in [1.29, 1.82) is 0 Å². The Bertz CT molecular complexity index is 621. The largest absolute Gasteiger partial charge is 0.389 e. The monoisotopic (exact) mass is 358 g/mol. The summed E-state index contributed by atoms with van der Waals surface area (Å²) >= 11 is 0. The molecule has 0 spiro atoms. The molecule has 3 rings (SSSR count). The van der Waals surface area contributed by atoms with Crippen molar-refractivity contribution in [1.82, 2.24) is 19.9 Å². The minimum absolute atomic E-state index is 0.0202. The molecule has 8 heteroatoms. The highest BCUT2D eigenvalue weighted by atomic mass is 19.4. The average molecular weight is 358 g/mol. The molecule has 25 heavy (non-hydrogen) atoms. The summed E-state index contributed by atoms with van der Waals surface area (Å²) in [6.07, 6.45) is -0.605. The van der Waals surface area contributed by atoms with E-state index in [0.717, 1.165) is 31.4 Å². The van der Waals surface area contributed by atoms with Crippen molar-refractivity contribution >= 4 is 5.91 Å². The van der Waals surface area contributed by atoms with Crippen molar-refractivity contribution in [3.8, 4) is 0 Å². The molecule has 2 atom stereocenters. The lowest BCUT2D eigenvalue weighted by Gasteiger charge is -2.39. The van der Waals surface area contributed by atoms with Gasteiger partial charge in [0, 0.05) is 30.1 Å². The van der Waals surface area contributed by atoms with Crippen LogP contribution in [0, 0.1) is 0 Å². The van der Waals surface area contributed by atoms with E-state index in [9.17, 15) is 18.0 Å². The Morgan fingerprint density at radius 3 is 2.24 bits per heavy atom. The number of carbonyl (C=O) groups excluding carboxylic acids is 1. The topological polar surface area (TPSA) is 51.0 Å². The lowest BCUT2D eigenvalue weighted by molar-refractivity contribution is -0.152. The summed E-state index contributed by atoms with van der Waals surface area (Å²) in [4.78, 5) is 14.0. The van der Waals surface area contributed by atoms with E-state index >= 15 is 0 Å². The summed E-state index contributed by atoms with van der Waals surface area (Å²) < 4.78 is 39.0. The van der Waals surface area contributed by atoms with Crippen LogP contribution in [0.4, 0.5) is 13.2 Å². The van der Waals surface area contributed by atoms with E-state index in [1.54, 1.807) is 4.90 Å². The second-order valence-electron chi connectivity index (χ2n) is 8.26. The number of amides is 1. The molecule has 140 valence electrons. The Morgan fingerprint density at radius 1 is 1.16 bits per heavy atom. The van der Waals surface area contributed by atoms with Crippen LogP contribution in [0.5, 0.6) is 0 Å². The maximum atomic E-state index is 12.4. The van der Waals surface area contributed by atoms with Crippen molar-refractivity contribution in [3.05, 3.63) is 11.9 Å². The van der Waals surface area contributed by atoms with Gasteiger partial charge >= 0.3 is 6.18 Å². The predicted molar refractivity (Wildman–Crippen MR) is 85.9 cm³/mol. The second-order valence-corrected chi connectivity index (χ2v) is 8.26. The summed E-state index contributed by atoms with van der Waals surface area (Å²) in [6, 6.07) is 0.200. The van der Waals surface area contributed by atoms with Gasteiger partial charge in [0.15, 0.2) is 0 Å². The first-order valence-corrected chi connectivity index (χ1v) is 8.85. The van der Waals surface area contributed by atoms with E-state index < -0.39 is 19.0 Å². The van der Waals surface area contributed by atoms with Crippen LogP contribution in [0.15, 0.2) is 6.20 Å². The molecule has 2 fully saturated rings. The molecule has 0 saturated carbocycles. The van der Waals surface area contributed by atoms with E-state index in [1.165, 1.54) is 0 Å². The van der Waals surface area contributed by atoms with Gasteiger partial charge in [0.25, 0.3) is 0 Å². The van der Waals surface area contributed by atoms with Gasteiger partial charge in [0.1, 0.15) is 0 Å². The van der Waals surface area contributed by atoms with Gasteiger partial charge in [-0.1, -0.05) is 26.0 Å². The van der Waals surface area contributed by atoms with Gasteiger partial charge in [-0.25, -0.2) is 4.68 Å². The smallest absolute Gasteiger partial charge is 0.337 e. The van der Waals surface area contributed by atoms with Gasteiger partial charge < -0.3 is 4.90 Å². The van der Waals surface area contributed by atoms with Gasteiger partial charge in [-0.05, 0) is 25.7 Å². The highest BCUT2D eigenvalue weighted by molar-refractivity contribution is 5.77. The van der Waals surface area contributed by atoms with Crippen molar-refractivity contribution in [2.75, 3.05) is 0 Å². The standard InChI is InChI=1S/C17H25F3N4O/c1-16(2,3)14-10-23(22-21-14)13-8-11-4-5-12(9-13)24(11)15(25)6-7-17(18,19)20/h10-13H,4-9H2,1-3H3. The van der Waals surface area contributed by atoms with Crippen LogP contribution in [0.3, 0.4) is 0 Å². The first kappa shape index (κ1) is 18.2. The summed E-state index contributed by atoms with van der Waals surface area (Å²) in [5, 5.41) is 8.51. The molecule has 0 aromatic carbocycles. The molecule has 0 aliphatic carbocycles. The van der Waals surface area contributed by atoms with Gasteiger partial charge in [-0.3, -0.25) is 4.79 Å². The Kier molecular flexibility index (Phi) is 4.58. The van der Waals surface area contributed by atoms with Crippen LogP contribution < -0.4 is 0 Å². The number of nitrogens with zero attached hydrogens (tertiary/aromatic N) is 4. The van der Waals surface area contributed by atoms with Crippen molar-refractivity contribution in [3.63, 3.8) is 0 Å². The average Bonchev–Trinajstić information content (AvgIpc) is 3.07. The fourth-order valence-corrected chi connectivity index (χ4v) is 3.95. The fourth-order valence-electron chi connectivity index (χ4n) is 3.95. The molecule has 2 bridgehead atoms. The Labute approximate surface area is 145 Å². The first-order valence-electron chi connectivity index (χ1n) is 8.85. The highest BCUT2D eigenvalue weighted by Gasteiger charge is 2.44. The van der Waals surface area contributed by atoms with Gasteiger partial charge in [0.2, 0.25) is 5.91 Å². The SMILES string of the molecule is CC(C)(C)c1cn(C2CC3CCC(C2)N3C(=O)CCC(F)(F)F)nn1. The van der Waals surface area contributed by atoms with Gasteiger partial charge in [-0.2, -0.15) is 13.2 Å². The van der Waals surface area contributed by atoms with Crippen molar-refractivity contribution < 1.29 is 18.0 Å². The highest BCUT2D eigenvalue weighted by Crippen LogP contribution is 2.41. The quantitative estimate of drug-likeness (QED) is 0.829. The fraction of sp³-hybridized carbons (Fsp3) is 0.824. The third-order valence-corrected chi connectivity index (χ3v) is 5.27. The molecular formula is C17H25F3N4O. The zero-order chi connectivity index (χ0) is 18.4. The minimum Gasteiger partial charge on any atom is -0.337 e. The molecule has 0 N–H and O–H groups in total. The zero-order valence-electron chi connectivity index (χ0n) is 14.9. The number of piperidine rings is 1.